The molecule has 0 aliphatic rings. The zero-order valence-electron chi connectivity index (χ0n) is 16.1. The van der Waals surface area contributed by atoms with Gasteiger partial charge in [-0.2, -0.15) is 0 Å². The molecule has 0 aliphatic heterocycles. The number of fused-ring (bicyclic) bond motifs is 1. The lowest BCUT2D eigenvalue weighted by Gasteiger charge is -2.12. The first-order valence-corrected chi connectivity index (χ1v) is 9.86. The van der Waals surface area contributed by atoms with Crippen molar-refractivity contribution in [2.45, 2.75) is 12.8 Å². The molecule has 8 heteroatoms. The largest absolute Gasteiger partial charge is 0.496 e. The second-order valence-corrected chi connectivity index (χ2v) is 7.70. The number of anilines is 1. The summed E-state index contributed by atoms with van der Waals surface area (Å²) in [5, 5.41) is 3.09. The number of pyridine rings is 1. The van der Waals surface area contributed by atoms with Crippen molar-refractivity contribution in [1.29, 1.82) is 0 Å². The number of rotatable bonds is 5. The Morgan fingerprint density at radius 3 is 2.70 bits per heavy atom. The quantitative estimate of drug-likeness (QED) is 0.443. The summed E-state index contributed by atoms with van der Waals surface area (Å²) >= 11 is 1.22. The number of para-hydroxylation sites is 1. The van der Waals surface area contributed by atoms with Gasteiger partial charge in [0.15, 0.2) is 5.13 Å². The highest BCUT2D eigenvalue weighted by molar-refractivity contribution is 7.22. The van der Waals surface area contributed by atoms with Gasteiger partial charge < -0.3 is 4.74 Å². The van der Waals surface area contributed by atoms with Crippen LogP contribution in [0.2, 0.25) is 0 Å². The van der Waals surface area contributed by atoms with Crippen molar-refractivity contribution in [2.24, 2.45) is 0 Å². The lowest BCUT2D eigenvalue weighted by atomic mass is 10.0. The number of amides is 1. The van der Waals surface area contributed by atoms with Gasteiger partial charge in [0.25, 0.3) is 11.8 Å². The summed E-state index contributed by atoms with van der Waals surface area (Å²) in [4.78, 5) is 21.4. The maximum Gasteiger partial charge on any atom is 0.270 e. The van der Waals surface area contributed by atoms with Gasteiger partial charge in [-0.1, -0.05) is 35.6 Å². The molecule has 1 N–H and O–H groups in total. The number of methoxy groups -OCH3 is 1. The smallest absolute Gasteiger partial charge is 0.270 e. The third-order valence-corrected chi connectivity index (χ3v) is 5.53. The number of thiazole rings is 1. The number of nitrogens with one attached hydrogen (secondary N) is 1. The molecule has 0 bridgehead atoms. The standard InChI is InChI=1S/C22H17F2N3O2S/c1-22(23,24)13-7-8-19-17(11-13)26-21(30-19)27-20(28)15-9-10-25-12-16(15)14-5-3-4-6-18(14)29-2/h3-12H,1-2H3,(H,26,27,28). The van der Waals surface area contributed by atoms with Gasteiger partial charge in [0.05, 0.1) is 22.9 Å². The summed E-state index contributed by atoms with van der Waals surface area (Å²) in [5.41, 5.74) is 2.04. The van der Waals surface area contributed by atoms with Crippen LogP contribution in [0.1, 0.15) is 22.8 Å². The van der Waals surface area contributed by atoms with E-state index in [1.165, 1.54) is 29.7 Å². The third-order valence-electron chi connectivity index (χ3n) is 4.58. The molecule has 0 fully saturated rings. The number of alkyl halides is 2. The van der Waals surface area contributed by atoms with Gasteiger partial charge in [-0.3, -0.25) is 15.1 Å². The minimum absolute atomic E-state index is 0.120. The molecule has 2 heterocycles. The van der Waals surface area contributed by atoms with Gasteiger partial charge in [-0.15, -0.1) is 0 Å². The molecule has 0 aliphatic carbocycles. The van der Waals surface area contributed by atoms with Gasteiger partial charge in [-0.05, 0) is 24.3 Å². The van der Waals surface area contributed by atoms with Crippen molar-refractivity contribution in [3.8, 4) is 16.9 Å². The van der Waals surface area contributed by atoms with E-state index in [0.29, 0.717) is 32.2 Å². The van der Waals surface area contributed by atoms with E-state index >= 15 is 0 Å². The minimum Gasteiger partial charge on any atom is -0.496 e. The summed E-state index contributed by atoms with van der Waals surface area (Å²) in [6.45, 7) is 0.839. The second kappa shape index (κ2) is 7.79. The van der Waals surface area contributed by atoms with Crippen LogP contribution in [-0.2, 0) is 5.92 Å². The Kier molecular flexibility index (Phi) is 5.17. The first-order valence-electron chi connectivity index (χ1n) is 9.04. The summed E-state index contributed by atoms with van der Waals surface area (Å²) in [7, 11) is 1.56. The number of hydrogen-bond acceptors (Lipinski definition) is 5. The molecule has 5 nitrogen and oxygen atoms in total. The predicted octanol–water partition coefficient (Wildman–Crippen LogP) is 5.73. The monoisotopic (exact) mass is 425 g/mol. The molecule has 2 aromatic heterocycles. The first-order chi connectivity index (χ1) is 14.4. The van der Waals surface area contributed by atoms with Gasteiger partial charge in [-0.25, -0.2) is 13.8 Å². The van der Waals surface area contributed by atoms with Crippen LogP contribution in [0.25, 0.3) is 21.3 Å². The maximum atomic E-state index is 13.6. The number of carbonyl (C=O) groups is 1. The fourth-order valence-electron chi connectivity index (χ4n) is 3.09. The third kappa shape index (κ3) is 3.86. The highest BCUT2D eigenvalue weighted by Gasteiger charge is 2.25. The molecular weight excluding hydrogens is 408 g/mol. The molecule has 2 aromatic carbocycles. The van der Waals surface area contributed by atoms with Crippen LogP contribution >= 0.6 is 11.3 Å². The van der Waals surface area contributed by atoms with Crippen molar-refractivity contribution >= 4 is 32.6 Å². The molecule has 4 rings (SSSR count). The fourth-order valence-corrected chi connectivity index (χ4v) is 3.93. The van der Waals surface area contributed by atoms with Crippen molar-refractivity contribution in [2.75, 3.05) is 12.4 Å². The van der Waals surface area contributed by atoms with Crippen molar-refractivity contribution in [1.82, 2.24) is 9.97 Å². The zero-order chi connectivity index (χ0) is 21.3. The average molecular weight is 425 g/mol. The van der Waals surface area contributed by atoms with Crippen LogP contribution in [0.15, 0.2) is 60.9 Å². The van der Waals surface area contributed by atoms with Crippen molar-refractivity contribution < 1.29 is 18.3 Å². The van der Waals surface area contributed by atoms with Crippen LogP contribution in [-0.4, -0.2) is 23.0 Å². The number of nitrogens with zero attached hydrogens (tertiary/aromatic N) is 2. The van der Waals surface area contributed by atoms with E-state index in [4.69, 9.17) is 4.74 Å². The lowest BCUT2D eigenvalue weighted by molar-refractivity contribution is 0.0176. The topological polar surface area (TPSA) is 64.1 Å². The first kappa shape index (κ1) is 19.9. The number of ether oxygens (including phenoxy) is 1. The number of aromatic nitrogens is 2. The van der Waals surface area contributed by atoms with Gasteiger partial charge in [0.2, 0.25) is 0 Å². The molecule has 0 radical (unpaired) electrons. The van der Waals surface area contributed by atoms with E-state index < -0.39 is 5.92 Å². The van der Waals surface area contributed by atoms with Crippen LogP contribution in [0, 0.1) is 0 Å². The van der Waals surface area contributed by atoms with Crippen molar-refractivity contribution in [3.63, 3.8) is 0 Å². The number of halogens is 2. The molecule has 0 unspecified atom stereocenters. The summed E-state index contributed by atoms with van der Waals surface area (Å²) < 4.78 is 33.3. The lowest BCUT2D eigenvalue weighted by Crippen LogP contribution is -2.13. The summed E-state index contributed by atoms with van der Waals surface area (Å²) in [6.07, 6.45) is 3.13. The Labute approximate surface area is 175 Å². The number of benzene rings is 2. The van der Waals surface area contributed by atoms with Gasteiger partial charge >= 0.3 is 0 Å². The van der Waals surface area contributed by atoms with Crippen LogP contribution in [0.4, 0.5) is 13.9 Å². The maximum absolute atomic E-state index is 13.6. The predicted molar refractivity (Wildman–Crippen MR) is 113 cm³/mol. The van der Waals surface area contributed by atoms with E-state index in [1.54, 1.807) is 31.5 Å². The molecule has 0 spiro atoms. The SMILES string of the molecule is COc1ccccc1-c1cnccc1C(=O)Nc1nc2cc(C(C)(F)F)ccc2s1. The van der Waals surface area contributed by atoms with E-state index in [2.05, 4.69) is 15.3 Å². The number of hydrogen-bond donors (Lipinski definition) is 1. The van der Waals surface area contributed by atoms with E-state index in [0.717, 1.165) is 12.5 Å². The molecule has 0 saturated heterocycles. The van der Waals surface area contributed by atoms with E-state index in [1.807, 2.05) is 18.2 Å². The zero-order valence-corrected chi connectivity index (χ0v) is 17.0. The summed E-state index contributed by atoms with van der Waals surface area (Å²) in [5.74, 6) is -2.71. The van der Waals surface area contributed by atoms with Crippen LogP contribution in [0.3, 0.4) is 0 Å². The highest BCUT2D eigenvalue weighted by atomic mass is 32.1. The number of carbonyl (C=O) groups excluding carboxylic acids is 1. The minimum atomic E-state index is -2.96. The fraction of sp³-hybridized carbons (Fsp3) is 0.136. The molecular formula is C22H17F2N3O2S. The molecule has 152 valence electrons. The Hall–Kier alpha value is -3.39. The summed E-state index contributed by atoms with van der Waals surface area (Å²) in [6, 6.07) is 13.2. The average Bonchev–Trinajstić information content (AvgIpc) is 3.14. The Morgan fingerprint density at radius 1 is 1.13 bits per heavy atom. The van der Waals surface area contributed by atoms with E-state index in [9.17, 15) is 13.6 Å². The van der Waals surface area contributed by atoms with Crippen LogP contribution in [0.5, 0.6) is 5.75 Å². The van der Waals surface area contributed by atoms with E-state index in [-0.39, 0.29) is 11.5 Å². The molecule has 1 amide bonds. The second-order valence-electron chi connectivity index (χ2n) is 6.67. The van der Waals surface area contributed by atoms with Gasteiger partial charge in [0, 0.05) is 36.0 Å². The molecule has 30 heavy (non-hydrogen) atoms. The highest BCUT2D eigenvalue weighted by Crippen LogP contribution is 2.34. The Morgan fingerprint density at radius 2 is 1.93 bits per heavy atom. The Balaban J connectivity index is 1.67. The Bertz CT molecular complexity index is 1230. The molecule has 4 aromatic rings. The van der Waals surface area contributed by atoms with Gasteiger partial charge in [0.1, 0.15) is 5.75 Å². The molecule has 0 atom stereocenters. The van der Waals surface area contributed by atoms with Crippen LogP contribution < -0.4 is 10.1 Å². The molecule has 0 saturated carbocycles. The van der Waals surface area contributed by atoms with Crippen molar-refractivity contribution in [3.05, 3.63) is 72.1 Å². The normalized spacial score (nSPS) is 11.5.